The molecule has 2 aliphatic carbocycles. The molecule has 14 rings (SSSR count). The maximum absolute atomic E-state index is 6.63. The Kier molecular flexibility index (Phi) is 9.36. The highest BCUT2D eigenvalue weighted by Crippen LogP contribution is 2.65. The highest BCUT2D eigenvalue weighted by atomic mass is 16.3. The van der Waals surface area contributed by atoms with Crippen molar-refractivity contribution in [3.8, 4) is 44.5 Å². The predicted octanol–water partition coefficient (Wildman–Crippen LogP) is 19.6. The minimum atomic E-state index is -0.536. The van der Waals surface area contributed by atoms with E-state index in [4.69, 9.17) is 4.42 Å². The molecule has 0 bridgehead atoms. The van der Waals surface area contributed by atoms with Crippen LogP contribution in [0.1, 0.15) is 74.9 Å². The first-order valence-electron chi connectivity index (χ1n) is 25.8. The van der Waals surface area contributed by atoms with Gasteiger partial charge in [0.25, 0.3) is 0 Å². The summed E-state index contributed by atoms with van der Waals surface area (Å²) in [7, 11) is 0. The Balaban J connectivity index is 0.963. The number of hydrogen-bond donors (Lipinski definition) is 0. The normalized spacial score (nSPS) is 13.5. The molecule has 0 amide bonds. The molecule has 0 saturated heterocycles. The standard InChI is InChI=1S/C71H55NO/c1-69(2,3)52-33-37-55-56-38-34-53(70(4,5)6)43-62(56)71(61(55)42-52)59-19-11-9-17-57(59)67-60(71)20-13-21-63(67)72(64-22-14-24-66-68(64)58-18-10-12-23-65(58)73-66)54-35-31-45(32-36-54)47-27-28-50-41-51(30-29-49(50)40-47)48-26-25-44-15-7-8-16-46(44)39-48/h7-43H,1-6H3. The van der Waals surface area contributed by atoms with Crippen LogP contribution in [-0.2, 0) is 16.2 Å². The molecule has 2 aliphatic rings. The minimum Gasteiger partial charge on any atom is -0.456 e. The van der Waals surface area contributed by atoms with Crippen LogP contribution < -0.4 is 4.90 Å². The summed E-state index contributed by atoms with van der Waals surface area (Å²) < 4.78 is 6.63. The summed E-state index contributed by atoms with van der Waals surface area (Å²) in [6, 6.07) is 84.2. The molecule has 0 saturated carbocycles. The van der Waals surface area contributed by atoms with E-state index in [0.29, 0.717) is 0 Å². The Morgan fingerprint density at radius 3 is 1.53 bits per heavy atom. The van der Waals surface area contributed by atoms with Gasteiger partial charge in [0.05, 0.1) is 22.2 Å². The van der Waals surface area contributed by atoms with Crippen LogP contribution in [0.5, 0.6) is 0 Å². The molecule has 11 aromatic carbocycles. The van der Waals surface area contributed by atoms with Crippen LogP contribution in [0.15, 0.2) is 229 Å². The van der Waals surface area contributed by atoms with E-state index >= 15 is 0 Å². The molecular weight excluding hydrogens is 883 g/mol. The number of nitrogens with zero attached hydrogens (tertiary/aromatic N) is 1. The quantitative estimate of drug-likeness (QED) is 0.171. The second kappa shape index (κ2) is 15.8. The number of rotatable bonds is 5. The smallest absolute Gasteiger partial charge is 0.137 e. The van der Waals surface area contributed by atoms with Gasteiger partial charge in [-0.15, -0.1) is 0 Å². The molecule has 0 N–H and O–H groups in total. The fourth-order valence-corrected chi connectivity index (χ4v) is 12.5. The number of anilines is 3. The maximum Gasteiger partial charge on any atom is 0.137 e. The first kappa shape index (κ1) is 43.3. The molecule has 73 heavy (non-hydrogen) atoms. The van der Waals surface area contributed by atoms with E-state index in [1.54, 1.807) is 0 Å². The van der Waals surface area contributed by atoms with Gasteiger partial charge in [-0.25, -0.2) is 0 Å². The summed E-state index contributed by atoms with van der Waals surface area (Å²) >= 11 is 0. The summed E-state index contributed by atoms with van der Waals surface area (Å²) in [5.41, 5.74) is 22.5. The van der Waals surface area contributed by atoms with Crippen molar-refractivity contribution in [3.63, 3.8) is 0 Å². The van der Waals surface area contributed by atoms with Gasteiger partial charge in [-0.2, -0.15) is 0 Å². The van der Waals surface area contributed by atoms with Gasteiger partial charge >= 0.3 is 0 Å². The average Bonchev–Trinajstić information content (AvgIpc) is 4.05. The van der Waals surface area contributed by atoms with Crippen molar-refractivity contribution in [2.24, 2.45) is 0 Å². The molecule has 0 aliphatic heterocycles. The average molecular weight is 938 g/mol. The van der Waals surface area contributed by atoms with Crippen LogP contribution in [0.25, 0.3) is 88.0 Å². The van der Waals surface area contributed by atoms with Gasteiger partial charge < -0.3 is 9.32 Å². The van der Waals surface area contributed by atoms with E-state index in [1.807, 2.05) is 0 Å². The van der Waals surface area contributed by atoms with Crippen molar-refractivity contribution < 1.29 is 4.42 Å². The van der Waals surface area contributed by atoms with Crippen LogP contribution >= 0.6 is 0 Å². The van der Waals surface area contributed by atoms with Crippen molar-refractivity contribution in [1.29, 1.82) is 0 Å². The molecule has 0 unspecified atom stereocenters. The van der Waals surface area contributed by atoms with Gasteiger partial charge in [-0.3, -0.25) is 0 Å². The van der Waals surface area contributed by atoms with Gasteiger partial charge in [0.1, 0.15) is 11.2 Å². The van der Waals surface area contributed by atoms with Gasteiger partial charge in [0, 0.05) is 16.6 Å². The van der Waals surface area contributed by atoms with E-state index < -0.39 is 5.41 Å². The van der Waals surface area contributed by atoms with Crippen molar-refractivity contribution >= 4 is 60.5 Å². The van der Waals surface area contributed by atoms with Crippen LogP contribution in [-0.4, -0.2) is 0 Å². The zero-order chi connectivity index (χ0) is 49.4. The van der Waals surface area contributed by atoms with Crippen molar-refractivity contribution in [2.45, 2.75) is 57.8 Å². The molecule has 350 valence electrons. The lowest BCUT2D eigenvalue weighted by atomic mass is 9.69. The van der Waals surface area contributed by atoms with Crippen molar-refractivity contribution in [2.75, 3.05) is 4.90 Å². The Bertz CT molecular complexity index is 4170. The lowest BCUT2D eigenvalue weighted by Gasteiger charge is -2.33. The third kappa shape index (κ3) is 6.56. The van der Waals surface area contributed by atoms with Gasteiger partial charge in [-0.05, 0) is 159 Å². The third-order valence-electron chi connectivity index (χ3n) is 16.2. The maximum atomic E-state index is 6.63. The molecule has 2 heteroatoms. The van der Waals surface area contributed by atoms with Gasteiger partial charge in [0.15, 0.2) is 0 Å². The fraction of sp³-hybridized carbons (Fsp3) is 0.127. The molecule has 0 atom stereocenters. The minimum absolute atomic E-state index is 0.0335. The summed E-state index contributed by atoms with van der Waals surface area (Å²) in [6.45, 7) is 14.0. The highest BCUT2D eigenvalue weighted by Gasteiger charge is 2.53. The highest BCUT2D eigenvalue weighted by molar-refractivity contribution is 6.14. The lowest BCUT2D eigenvalue weighted by Crippen LogP contribution is -2.27. The Hall–Kier alpha value is -8.46. The van der Waals surface area contributed by atoms with E-state index in [0.717, 1.165) is 39.0 Å². The first-order valence-corrected chi connectivity index (χ1v) is 25.8. The number of para-hydroxylation sites is 1. The number of furan rings is 1. The van der Waals surface area contributed by atoms with Crippen molar-refractivity contribution in [1.82, 2.24) is 0 Å². The van der Waals surface area contributed by atoms with Crippen LogP contribution in [0.2, 0.25) is 0 Å². The van der Waals surface area contributed by atoms with E-state index in [1.165, 1.54) is 99.4 Å². The number of fused-ring (bicyclic) bond motifs is 15. The molecule has 0 fully saturated rings. The summed E-state index contributed by atoms with van der Waals surface area (Å²) in [6.07, 6.45) is 0. The third-order valence-corrected chi connectivity index (χ3v) is 16.2. The second-order valence-electron chi connectivity index (χ2n) is 22.5. The Labute approximate surface area is 427 Å². The van der Waals surface area contributed by atoms with Crippen molar-refractivity contribution in [3.05, 3.63) is 258 Å². The largest absolute Gasteiger partial charge is 0.456 e. The van der Waals surface area contributed by atoms with Crippen LogP contribution in [0.3, 0.4) is 0 Å². The topological polar surface area (TPSA) is 16.4 Å². The summed E-state index contributed by atoms with van der Waals surface area (Å²) in [5, 5.41) is 7.16. The first-order chi connectivity index (χ1) is 35.4. The molecule has 1 heterocycles. The zero-order valence-corrected chi connectivity index (χ0v) is 42.2. The molecule has 12 aromatic rings. The number of hydrogen-bond acceptors (Lipinski definition) is 2. The Morgan fingerprint density at radius 2 is 0.863 bits per heavy atom. The second-order valence-corrected chi connectivity index (χ2v) is 22.5. The van der Waals surface area contributed by atoms with E-state index in [2.05, 4.69) is 271 Å². The van der Waals surface area contributed by atoms with E-state index in [9.17, 15) is 0 Å². The molecule has 1 spiro atoms. The summed E-state index contributed by atoms with van der Waals surface area (Å²) in [4.78, 5) is 2.51. The van der Waals surface area contributed by atoms with Gasteiger partial charge in [-0.1, -0.05) is 211 Å². The SMILES string of the molecule is CC(C)(C)c1ccc2c(c1)C1(c3cc(C(C)(C)C)ccc3-2)c2ccccc2-c2c(N(c3ccc(-c4ccc5cc(-c6ccc7ccccc7c6)ccc5c4)cc3)c3cccc4oc5ccccc5c34)cccc21. The van der Waals surface area contributed by atoms with Crippen LogP contribution in [0.4, 0.5) is 17.1 Å². The summed E-state index contributed by atoms with van der Waals surface area (Å²) in [5.74, 6) is 0. The van der Waals surface area contributed by atoms with Crippen LogP contribution in [0, 0.1) is 0 Å². The monoisotopic (exact) mass is 937 g/mol. The molecule has 2 nitrogen and oxygen atoms in total. The van der Waals surface area contributed by atoms with Gasteiger partial charge in [0.2, 0.25) is 0 Å². The fourth-order valence-electron chi connectivity index (χ4n) is 12.5. The molecule has 0 radical (unpaired) electrons. The molecular formula is C71H55NO. The number of benzene rings is 11. The lowest BCUT2D eigenvalue weighted by molar-refractivity contribution is 0.586. The zero-order valence-electron chi connectivity index (χ0n) is 42.2. The van der Waals surface area contributed by atoms with E-state index in [-0.39, 0.29) is 10.8 Å². The molecule has 1 aromatic heterocycles. The predicted molar refractivity (Wildman–Crippen MR) is 308 cm³/mol. The Morgan fingerprint density at radius 1 is 0.356 bits per heavy atom.